The van der Waals surface area contributed by atoms with Gasteiger partial charge in [0.2, 0.25) is 0 Å². The van der Waals surface area contributed by atoms with E-state index in [2.05, 4.69) is 11.1 Å². The van der Waals surface area contributed by atoms with Crippen LogP contribution >= 0.6 is 0 Å². The maximum absolute atomic E-state index is 14.3. The van der Waals surface area contributed by atoms with Crippen molar-refractivity contribution in [3.63, 3.8) is 0 Å². The van der Waals surface area contributed by atoms with Gasteiger partial charge < -0.3 is 25.2 Å². The van der Waals surface area contributed by atoms with Crippen LogP contribution in [0.1, 0.15) is 12.0 Å². The highest BCUT2D eigenvalue weighted by Crippen LogP contribution is 2.41. The van der Waals surface area contributed by atoms with E-state index in [1.54, 1.807) is 25.4 Å². The van der Waals surface area contributed by atoms with Gasteiger partial charge in [-0.3, -0.25) is 4.98 Å². The van der Waals surface area contributed by atoms with Crippen LogP contribution in [-0.2, 0) is 4.74 Å². The predicted octanol–water partition coefficient (Wildman–Crippen LogP) is 4.64. The second-order valence-electron chi connectivity index (χ2n) is 9.51. The van der Waals surface area contributed by atoms with Gasteiger partial charge in [0.05, 0.1) is 29.5 Å². The number of nitriles is 1. The Morgan fingerprint density at radius 1 is 1.08 bits per heavy atom. The maximum atomic E-state index is 14.3. The number of methoxy groups -OCH3 is 1. The third-order valence-electron chi connectivity index (χ3n) is 6.94. The van der Waals surface area contributed by atoms with Crippen LogP contribution in [0.3, 0.4) is 0 Å². The second-order valence-corrected chi connectivity index (χ2v) is 9.51. The van der Waals surface area contributed by atoms with Gasteiger partial charge >= 0.3 is 0 Å². The quantitative estimate of drug-likeness (QED) is 0.336. The largest absolute Gasteiger partial charge is 0.489 e. The SMILES string of the molecule is COCCOc1c(C#N)cccc1-c1ccc2ncc(-c3cc(F)cc(F)c3)c(N3CCC(N)C(O)C3)c2c1. The van der Waals surface area contributed by atoms with Crippen LogP contribution in [0.2, 0.25) is 0 Å². The topological polar surface area (TPSA) is 105 Å². The fourth-order valence-corrected chi connectivity index (χ4v) is 5.00. The van der Waals surface area contributed by atoms with Gasteiger partial charge in [-0.2, -0.15) is 5.26 Å². The van der Waals surface area contributed by atoms with E-state index in [9.17, 15) is 19.1 Å². The molecular weight excluding hydrogens is 502 g/mol. The van der Waals surface area contributed by atoms with Crippen LogP contribution in [0.15, 0.2) is 60.8 Å². The third kappa shape index (κ3) is 5.40. The minimum atomic E-state index is -0.768. The normalized spacial score (nSPS) is 17.3. The number of β-amino-alcohol motifs (C(OH)–C–C–N with tert-alkyl or cyclic N) is 1. The zero-order valence-electron chi connectivity index (χ0n) is 21.4. The molecule has 0 radical (unpaired) electrons. The number of aromatic nitrogens is 1. The van der Waals surface area contributed by atoms with Gasteiger partial charge in [0.15, 0.2) is 0 Å². The average Bonchev–Trinajstić information content (AvgIpc) is 2.93. The highest BCUT2D eigenvalue weighted by molar-refractivity contribution is 6.02. The molecule has 1 aliphatic heterocycles. The number of benzene rings is 3. The summed E-state index contributed by atoms with van der Waals surface area (Å²) in [4.78, 5) is 6.59. The Morgan fingerprint density at radius 3 is 2.59 bits per heavy atom. The van der Waals surface area contributed by atoms with Crippen molar-refractivity contribution in [1.29, 1.82) is 5.26 Å². The van der Waals surface area contributed by atoms with Crippen LogP contribution in [0, 0.1) is 23.0 Å². The van der Waals surface area contributed by atoms with Crippen molar-refractivity contribution in [3.05, 3.63) is 78.0 Å². The first-order chi connectivity index (χ1) is 18.9. The molecule has 1 aromatic heterocycles. The number of halogens is 2. The van der Waals surface area contributed by atoms with E-state index in [-0.39, 0.29) is 19.2 Å². The minimum Gasteiger partial charge on any atom is -0.489 e. The molecule has 39 heavy (non-hydrogen) atoms. The summed E-state index contributed by atoms with van der Waals surface area (Å²) in [5.41, 5.74) is 10.2. The van der Waals surface area contributed by atoms with Gasteiger partial charge in [-0.15, -0.1) is 0 Å². The fraction of sp³-hybridized carbons (Fsp3) is 0.267. The molecule has 200 valence electrons. The molecule has 0 amide bonds. The van der Waals surface area contributed by atoms with Gasteiger partial charge in [0, 0.05) is 55.0 Å². The molecule has 4 aromatic rings. The second kappa shape index (κ2) is 11.3. The average molecular weight is 531 g/mol. The fourth-order valence-electron chi connectivity index (χ4n) is 5.00. The number of hydrogen-bond donors (Lipinski definition) is 2. The lowest BCUT2D eigenvalue weighted by Gasteiger charge is -2.37. The van der Waals surface area contributed by atoms with E-state index < -0.39 is 17.7 Å². The molecule has 1 aliphatic rings. The van der Waals surface area contributed by atoms with E-state index in [0.717, 1.165) is 17.0 Å². The van der Waals surface area contributed by atoms with Gasteiger partial charge in [0.1, 0.15) is 30.1 Å². The lowest BCUT2D eigenvalue weighted by Crippen LogP contribution is -2.50. The van der Waals surface area contributed by atoms with Crippen molar-refractivity contribution >= 4 is 16.6 Å². The van der Waals surface area contributed by atoms with Crippen molar-refractivity contribution in [2.75, 3.05) is 38.3 Å². The minimum absolute atomic E-state index is 0.255. The molecule has 3 aromatic carbocycles. The molecule has 0 aliphatic carbocycles. The summed E-state index contributed by atoms with van der Waals surface area (Å²) in [7, 11) is 1.57. The molecule has 3 N–H and O–H groups in total. The number of ether oxygens (including phenoxy) is 2. The Bertz CT molecular complexity index is 1540. The van der Waals surface area contributed by atoms with E-state index in [1.165, 1.54) is 12.1 Å². The number of anilines is 1. The number of pyridine rings is 1. The van der Waals surface area contributed by atoms with Crippen molar-refractivity contribution in [2.45, 2.75) is 18.6 Å². The standard InChI is InChI=1S/C30H28F2N4O3/c1-38-9-10-39-30-19(15-33)3-2-4-23(30)18-5-6-27-24(13-18)29(36-8-7-26(34)28(37)17-36)25(16-35-27)20-11-21(31)14-22(32)12-20/h2-6,11-14,16,26,28,37H,7-10,17,34H2,1H3. The van der Waals surface area contributed by atoms with E-state index in [0.29, 0.717) is 58.8 Å². The highest BCUT2D eigenvalue weighted by Gasteiger charge is 2.28. The van der Waals surface area contributed by atoms with E-state index in [4.69, 9.17) is 15.2 Å². The number of fused-ring (bicyclic) bond motifs is 1. The number of hydrogen-bond acceptors (Lipinski definition) is 7. The number of aliphatic hydroxyl groups is 1. The molecule has 7 nitrogen and oxygen atoms in total. The highest BCUT2D eigenvalue weighted by atomic mass is 19.1. The Kier molecular flexibility index (Phi) is 7.70. The van der Waals surface area contributed by atoms with Crippen LogP contribution in [0.5, 0.6) is 5.75 Å². The number of nitrogens with zero attached hydrogens (tertiary/aromatic N) is 3. The van der Waals surface area contributed by atoms with Gasteiger partial charge in [-0.25, -0.2) is 8.78 Å². The predicted molar refractivity (Wildman–Crippen MR) is 145 cm³/mol. The summed E-state index contributed by atoms with van der Waals surface area (Å²) in [6.07, 6.45) is 1.38. The zero-order valence-corrected chi connectivity index (χ0v) is 21.4. The van der Waals surface area contributed by atoms with Crippen LogP contribution in [0.4, 0.5) is 14.5 Å². The molecule has 1 saturated heterocycles. The van der Waals surface area contributed by atoms with Gasteiger partial charge in [0.25, 0.3) is 0 Å². The van der Waals surface area contributed by atoms with Crippen molar-refractivity contribution < 1.29 is 23.4 Å². The van der Waals surface area contributed by atoms with Gasteiger partial charge in [-0.05, 0) is 47.9 Å². The molecule has 0 spiro atoms. The van der Waals surface area contributed by atoms with Crippen molar-refractivity contribution in [1.82, 2.24) is 4.98 Å². The summed E-state index contributed by atoms with van der Waals surface area (Å²) in [6, 6.07) is 16.2. The molecule has 2 heterocycles. The van der Waals surface area contributed by atoms with E-state index in [1.807, 2.05) is 29.2 Å². The molecule has 1 fully saturated rings. The Morgan fingerprint density at radius 2 is 1.87 bits per heavy atom. The first-order valence-corrected chi connectivity index (χ1v) is 12.6. The number of aliphatic hydroxyl groups excluding tert-OH is 1. The molecular formula is C30H28F2N4O3. The Labute approximate surface area is 225 Å². The number of para-hydroxylation sites is 1. The van der Waals surface area contributed by atoms with Crippen LogP contribution in [-0.4, -0.2) is 55.6 Å². The zero-order chi connectivity index (χ0) is 27.5. The maximum Gasteiger partial charge on any atom is 0.144 e. The molecule has 0 saturated carbocycles. The Hall–Kier alpha value is -4.10. The van der Waals surface area contributed by atoms with Gasteiger partial charge in [-0.1, -0.05) is 18.2 Å². The summed E-state index contributed by atoms with van der Waals surface area (Å²) < 4.78 is 39.6. The summed E-state index contributed by atoms with van der Waals surface area (Å²) in [5.74, 6) is -0.957. The molecule has 0 bridgehead atoms. The monoisotopic (exact) mass is 530 g/mol. The lowest BCUT2D eigenvalue weighted by molar-refractivity contribution is 0.132. The summed E-state index contributed by atoms with van der Waals surface area (Å²) in [5, 5.41) is 21.0. The number of piperidine rings is 1. The first-order valence-electron chi connectivity index (χ1n) is 12.6. The Balaban J connectivity index is 1.72. The number of nitrogens with two attached hydrogens (primary N) is 1. The van der Waals surface area contributed by atoms with Crippen LogP contribution < -0.4 is 15.4 Å². The number of rotatable bonds is 7. The van der Waals surface area contributed by atoms with E-state index >= 15 is 0 Å². The van der Waals surface area contributed by atoms with Crippen molar-refractivity contribution in [2.24, 2.45) is 5.73 Å². The summed E-state index contributed by atoms with van der Waals surface area (Å²) in [6.45, 7) is 1.42. The molecule has 2 unspecified atom stereocenters. The molecule has 5 rings (SSSR count). The smallest absolute Gasteiger partial charge is 0.144 e. The lowest BCUT2D eigenvalue weighted by atomic mass is 9.95. The van der Waals surface area contributed by atoms with Crippen LogP contribution in [0.25, 0.3) is 33.2 Å². The molecule has 2 atom stereocenters. The summed E-state index contributed by atoms with van der Waals surface area (Å²) >= 11 is 0. The molecule has 9 heteroatoms. The third-order valence-corrected chi connectivity index (χ3v) is 6.94. The first kappa shape index (κ1) is 26.5. The van der Waals surface area contributed by atoms with Crippen molar-refractivity contribution in [3.8, 4) is 34.1 Å².